The fraction of sp³-hybridized carbons (Fsp3) is 0.294. The van der Waals surface area contributed by atoms with Gasteiger partial charge in [0.25, 0.3) is 0 Å². The van der Waals surface area contributed by atoms with Crippen molar-refractivity contribution in [1.82, 2.24) is 9.88 Å². The minimum absolute atomic E-state index is 0.492. The number of hydrogen-bond acceptors (Lipinski definition) is 3. The Labute approximate surface area is 125 Å². The number of rotatable bonds is 7. The van der Waals surface area contributed by atoms with Crippen molar-refractivity contribution in [2.24, 2.45) is 0 Å². The highest BCUT2D eigenvalue weighted by Gasteiger charge is 2.21. The molecule has 1 N–H and O–H groups in total. The van der Waals surface area contributed by atoms with E-state index in [9.17, 15) is 9.90 Å². The Hall–Kier alpha value is -2.20. The molecule has 2 aromatic rings. The second-order valence-electron chi connectivity index (χ2n) is 5.17. The van der Waals surface area contributed by atoms with Gasteiger partial charge in [0.05, 0.1) is 5.92 Å². The number of aromatic nitrogens is 1. The van der Waals surface area contributed by atoms with Crippen LogP contribution in [0.25, 0.3) is 0 Å². The highest BCUT2D eigenvalue weighted by atomic mass is 16.4. The summed E-state index contributed by atoms with van der Waals surface area (Å²) in [7, 11) is 1.96. The second-order valence-corrected chi connectivity index (χ2v) is 5.17. The molecule has 0 aliphatic carbocycles. The van der Waals surface area contributed by atoms with E-state index in [0.717, 1.165) is 18.5 Å². The first-order valence-electron chi connectivity index (χ1n) is 7.02. The Kier molecular flexibility index (Phi) is 5.46. The molecule has 0 spiro atoms. The molecule has 0 radical (unpaired) electrons. The molecule has 4 nitrogen and oxygen atoms in total. The molecule has 1 heterocycles. The number of carbonyl (C=O) groups is 1. The zero-order valence-corrected chi connectivity index (χ0v) is 12.1. The first-order valence-corrected chi connectivity index (χ1v) is 7.02. The molecule has 110 valence electrons. The Morgan fingerprint density at radius 1 is 1.19 bits per heavy atom. The minimum Gasteiger partial charge on any atom is -0.481 e. The number of nitrogens with zero attached hydrogens (tertiary/aromatic N) is 2. The molecule has 1 atom stereocenters. The van der Waals surface area contributed by atoms with Gasteiger partial charge < -0.3 is 10.0 Å². The third-order valence-electron chi connectivity index (χ3n) is 3.53. The summed E-state index contributed by atoms with van der Waals surface area (Å²) in [6.45, 7) is 1.32. The number of likely N-dealkylation sites (N-methyl/N-ethyl adjacent to an activating group) is 1. The SMILES string of the molecule is CN(CCc1ccncc1)CC(C(=O)O)c1ccccc1. The van der Waals surface area contributed by atoms with E-state index in [0.29, 0.717) is 6.54 Å². The number of pyridine rings is 1. The van der Waals surface area contributed by atoms with Crippen molar-refractivity contribution in [3.63, 3.8) is 0 Å². The van der Waals surface area contributed by atoms with E-state index in [4.69, 9.17) is 0 Å². The first-order chi connectivity index (χ1) is 10.2. The molecule has 4 heteroatoms. The number of benzene rings is 1. The summed E-state index contributed by atoms with van der Waals surface area (Å²) in [5.41, 5.74) is 2.06. The van der Waals surface area contributed by atoms with E-state index < -0.39 is 11.9 Å². The van der Waals surface area contributed by atoms with Crippen LogP contribution in [0.2, 0.25) is 0 Å². The predicted molar refractivity (Wildman–Crippen MR) is 82.3 cm³/mol. The Bertz CT molecular complexity index is 558. The summed E-state index contributed by atoms with van der Waals surface area (Å²) in [5.74, 6) is -1.27. The average Bonchev–Trinajstić information content (AvgIpc) is 2.52. The third kappa shape index (κ3) is 4.68. The summed E-state index contributed by atoms with van der Waals surface area (Å²) in [5, 5.41) is 9.43. The van der Waals surface area contributed by atoms with Crippen LogP contribution in [0.15, 0.2) is 54.9 Å². The van der Waals surface area contributed by atoms with E-state index in [1.165, 1.54) is 5.56 Å². The lowest BCUT2D eigenvalue weighted by atomic mass is 9.99. The molecular formula is C17H20N2O2. The van der Waals surface area contributed by atoms with Gasteiger partial charge in [-0.05, 0) is 36.7 Å². The highest BCUT2D eigenvalue weighted by molar-refractivity contribution is 5.76. The molecular weight excluding hydrogens is 264 g/mol. The molecule has 1 aromatic heterocycles. The van der Waals surface area contributed by atoms with Crippen LogP contribution in [-0.2, 0) is 11.2 Å². The van der Waals surface area contributed by atoms with Crippen LogP contribution < -0.4 is 0 Å². The van der Waals surface area contributed by atoms with Crippen molar-refractivity contribution in [1.29, 1.82) is 0 Å². The van der Waals surface area contributed by atoms with Crippen LogP contribution in [-0.4, -0.2) is 41.1 Å². The molecule has 0 bridgehead atoms. The molecule has 0 aliphatic rings. The van der Waals surface area contributed by atoms with Crippen molar-refractivity contribution in [3.8, 4) is 0 Å². The fourth-order valence-corrected chi connectivity index (χ4v) is 2.28. The van der Waals surface area contributed by atoms with Gasteiger partial charge in [0, 0.05) is 25.5 Å². The lowest BCUT2D eigenvalue weighted by molar-refractivity contribution is -0.139. The van der Waals surface area contributed by atoms with E-state index in [-0.39, 0.29) is 0 Å². The largest absolute Gasteiger partial charge is 0.481 e. The van der Waals surface area contributed by atoms with Crippen LogP contribution in [0.4, 0.5) is 0 Å². The van der Waals surface area contributed by atoms with Gasteiger partial charge in [-0.25, -0.2) is 0 Å². The van der Waals surface area contributed by atoms with Crippen molar-refractivity contribution < 1.29 is 9.90 Å². The molecule has 0 amide bonds. The summed E-state index contributed by atoms with van der Waals surface area (Å²) in [6, 6.07) is 13.4. The number of carboxylic acids is 1. The van der Waals surface area contributed by atoms with E-state index in [1.54, 1.807) is 12.4 Å². The van der Waals surface area contributed by atoms with Gasteiger partial charge >= 0.3 is 5.97 Å². The van der Waals surface area contributed by atoms with Gasteiger partial charge in [-0.3, -0.25) is 9.78 Å². The third-order valence-corrected chi connectivity index (χ3v) is 3.53. The van der Waals surface area contributed by atoms with Crippen molar-refractivity contribution in [2.75, 3.05) is 20.1 Å². The molecule has 0 aliphatic heterocycles. The quantitative estimate of drug-likeness (QED) is 0.848. The summed E-state index contributed by atoms with van der Waals surface area (Å²) in [6.07, 6.45) is 4.44. The lowest BCUT2D eigenvalue weighted by Gasteiger charge is -2.21. The zero-order valence-electron chi connectivity index (χ0n) is 12.1. The molecule has 0 fully saturated rings. The number of hydrogen-bond donors (Lipinski definition) is 1. The van der Waals surface area contributed by atoms with Gasteiger partial charge in [0.1, 0.15) is 0 Å². The summed E-state index contributed by atoms with van der Waals surface area (Å²) >= 11 is 0. The lowest BCUT2D eigenvalue weighted by Crippen LogP contribution is -2.30. The number of carboxylic acid groups (broad SMARTS) is 1. The van der Waals surface area contributed by atoms with Crippen molar-refractivity contribution >= 4 is 5.97 Å². The Balaban J connectivity index is 1.93. The van der Waals surface area contributed by atoms with Gasteiger partial charge in [0.2, 0.25) is 0 Å². The Morgan fingerprint density at radius 3 is 2.48 bits per heavy atom. The maximum Gasteiger partial charge on any atom is 0.312 e. The van der Waals surface area contributed by atoms with Crippen LogP contribution in [0, 0.1) is 0 Å². The van der Waals surface area contributed by atoms with Crippen molar-refractivity contribution in [2.45, 2.75) is 12.3 Å². The highest BCUT2D eigenvalue weighted by Crippen LogP contribution is 2.17. The van der Waals surface area contributed by atoms with Gasteiger partial charge in [-0.15, -0.1) is 0 Å². The topological polar surface area (TPSA) is 53.4 Å². The van der Waals surface area contributed by atoms with E-state index in [1.807, 2.05) is 49.5 Å². The maximum absolute atomic E-state index is 11.5. The van der Waals surface area contributed by atoms with Crippen LogP contribution in [0.3, 0.4) is 0 Å². The summed E-state index contributed by atoms with van der Waals surface area (Å²) < 4.78 is 0. The maximum atomic E-state index is 11.5. The predicted octanol–water partition coefficient (Wildman–Crippen LogP) is 2.42. The summed E-state index contributed by atoms with van der Waals surface area (Å²) in [4.78, 5) is 17.5. The molecule has 1 aromatic carbocycles. The van der Waals surface area contributed by atoms with Crippen molar-refractivity contribution in [3.05, 3.63) is 66.0 Å². The zero-order chi connectivity index (χ0) is 15.1. The molecule has 0 saturated carbocycles. The number of aliphatic carboxylic acids is 1. The fourth-order valence-electron chi connectivity index (χ4n) is 2.28. The smallest absolute Gasteiger partial charge is 0.312 e. The van der Waals surface area contributed by atoms with Crippen LogP contribution >= 0.6 is 0 Å². The molecule has 0 saturated heterocycles. The van der Waals surface area contributed by atoms with Gasteiger partial charge in [-0.2, -0.15) is 0 Å². The monoisotopic (exact) mass is 284 g/mol. The van der Waals surface area contributed by atoms with Gasteiger partial charge in [0.15, 0.2) is 0 Å². The average molecular weight is 284 g/mol. The molecule has 2 rings (SSSR count). The second kappa shape index (κ2) is 7.55. The van der Waals surface area contributed by atoms with Crippen LogP contribution in [0.1, 0.15) is 17.0 Å². The van der Waals surface area contributed by atoms with Crippen LogP contribution in [0.5, 0.6) is 0 Å². The molecule has 1 unspecified atom stereocenters. The minimum atomic E-state index is -0.781. The normalized spacial score (nSPS) is 12.3. The first kappa shape index (κ1) is 15.2. The standard InChI is InChI=1S/C17H20N2O2/c1-19(12-9-14-7-10-18-11-8-14)13-16(17(20)21)15-5-3-2-4-6-15/h2-8,10-11,16H,9,12-13H2,1H3,(H,20,21). The molecule has 21 heavy (non-hydrogen) atoms. The van der Waals surface area contributed by atoms with E-state index in [2.05, 4.69) is 9.88 Å². The van der Waals surface area contributed by atoms with Gasteiger partial charge in [-0.1, -0.05) is 30.3 Å². The Morgan fingerprint density at radius 2 is 1.86 bits per heavy atom. The van der Waals surface area contributed by atoms with E-state index >= 15 is 0 Å².